The number of ether oxygens (including phenoxy) is 2. The van der Waals surface area contributed by atoms with Gasteiger partial charge in [-0.2, -0.15) is 0 Å². The summed E-state index contributed by atoms with van der Waals surface area (Å²) in [5.41, 5.74) is 0. The van der Waals surface area contributed by atoms with Crippen molar-refractivity contribution in [3.63, 3.8) is 0 Å². The molecule has 4 atom stereocenters. The monoisotopic (exact) mass is 210 g/mol. The largest absolute Gasteiger partial charge is 0.469 e. The molecule has 0 bridgehead atoms. The van der Waals surface area contributed by atoms with E-state index in [9.17, 15) is 9.59 Å². The maximum atomic E-state index is 11.6. The molecule has 0 aromatic heterocycles. The van der Waals surface area contributed by atoms with E-state index in [0.717, 1.165) is 0 Å². The Kier molecular flexibility index (Phi) is 2.50. The molecule has 4 nitrogen and oxygen atoms in total. The van der Waals surface area contributed by atoms with Gasteiger partial charge < -0.3 is 9.47 Å². The summed E-state index contributed by atoms with van der Waals surface area (Å²) in [6.07, 6.45) is 3.93. The zero-order valence-electron chi connectivity index (χ0n) is 8.80. The lowest BCUT2D eigenvalue weighted by Gasteiger charge is -2.29. The number of cyclic esters (lactones) is 1. The molecule has 0 amide bonds. The van der Waals surface area contributed by atoms with Gasteiger partial charge in [-0.25, -0.2) is 0 Å². The molecule has 1 aliphatic carbocycles. The highest BCUT2D eigenvalue weighted by Crippen LogP contribution is 2.39. The van der Waals surface area contributed by atoms with E-state index in [0.29, 0.717) is 6.61 Å². The van der Waals surface area contributed by atoms with Crippen LogP contribution < -0.4 is 0 Å². The van der Waals surface area contributed by atoms with Gasteiger partial charge in [-0.3, -0.25) is 9.59 Å². The third-order valence-electron chi connectivity index (χ3n) is 3.24. The van der Waals surface area contributed by atoms with Crippen molar-refractivity contribution in [2.24, 2.45) is 23.7 Å². The van der Waals surface area contributed by atoms with E-state index in [1.807, 2.05) is 19.1 Å². The number of esters is 2. The fraction of sp³-hybridized carbons (Fsp3) is 0.636. The summed E-state index contributed by atoms with van der Waals surface area (Å²) in [7, 11) is 1.35. The van der Waals surface area contributed by atoms with Gasteiger partial charge in [0.05, 0.1) is 25.6 Å². The molecule has 1 fully saturated rings. The molecule has 0 spiro atoms. The van der Waals surface area contributed by atoms with E-state index in [2.05, 4.69) is 0 Å². The maximum absolute atomic E-state index is 11.6. The van der Waals surface area contributed by atoms with Crippen LogP contribution in [0.25, 0.3) is 0 Å². The number of carbonyl (C=O) groups excluding carboxylic acids is 2. The van der Waals surface area contributed by atoms with Crippen LogP contribution in [0.2, 0.25) is 0 Å². The van der Waals surface area contributed by atoms with Gasteiger partial charge in [-0.05, 0) is 5.92 Å². The van der Waals surface area contributed by atoms with Gasteiger partial charge in [-0.1, -0.05) is 19.1 Å². The molecule has 2 aliphatic rings. The molecule has 0 N–H and O–H groups in total. The van der Waals surface area contributed by atoms with Crippen LogP contribution in [-0.4, -0.2) is 25.7 Å². The summed E-state index contributed by atoms with van der Waals surface area (Å²) >= 11 is 0. The zero-order valence-corrected chi connectivity index (χ0v) is 8.80. The van der Waals surface area contributed by atoms with Crippen LogP contribution in [0.1, 0.15) is 6.92 Å². The maximum Gasteiger partial charge on any atom is 0.310 e. The number of hydrogen-bond donors (Lipinski definition) is 0. The SMILES string of the molecule is COC(=O)[C@H]1[C@H]2C(=O)OC[C@H]2C=C[C@H]1C. The fourth-order valence-corrected chi connectivity index (χ4v) is 2.40. The smallest absolute Gasteiger partial charge is 0.310 e. The Hall–Kier alpha value is -1.32. The third-order valence-corrected chi connectivity index (χ3v) is 3.24. The predicted molar refractivity (Wildman–Crippen MR) is 51.7 cm³/mol. The van der Waals surface area contributed by atoms with Crippen molar-refractivity contribution in [1.29, 1.82) is 0 Å². The van der Waals surface area contributed by atoms with E-state index in [1.165, 1.54) is 7.11 Å². The van der Waals surface area contributed by atoms with Gasteiger partial charge in [-0.15, -0.1) is 0 Å². The van der Waals surface area contributed by atoms with E-state index in [4.69, 9.17) is 9.47 Å². The van der Waals surface area contributed by atoms with Crippen molar-refractivity contribution in [1.82, 2.24) is 0 Å². The van der Waals surface area contributed by atoms with Gasteiger partial charge in [0.2, 0.25) is 0 Å². The summed E-state index contributed by atoms with van der Waals surface area (Å²) in [4.78, 5) is 23.1. The first-order chi connectivity index (χ1) is 7.15. The molecule has 0 radical (unpaired) electrons. The van der Waals surface area contributed by atoms with Crippen molar-refractivity contribution in [3.8, 4) is 0 Å². The fourth-order valence-electron chi connectivity index (χ4n) is 2.40. The normalized spacial score (nSPS) is 38.4. The Labute approximate surface area is 88.2 Å². The third kappa shape index (κ3) is 1.54. The van der Waals surface area contributed by atoms with Gasteiger partial charge >= 0.3 is 11.9 Å². The standard InChI is InChI=1S/C11H14O4/c1-6-3-4-7-5-15-11(13)9(7)8(6)10(12)14-2/h3-4,6-9H,5H2,1-2H3/t6-,7-,8-,9+/m1/s1. The quantitative estimate of drug-likeness (QED) is 0.474. The molecule has 0 aromatic rings. The number of allylic oxidation sites excluding steroid dienone is 1. The van der Waals surface area contributed by atoms with Crippen molar-refractivity contribution >= 4 is 11.9 Å². The van der Waals surface area contributed by atoms with Gasteiger partial charge in [0.1, 0.15) is 0 Å². The Bertz CT molecular complexity index is 321. The van der Waals surface area contributed by atoms with Crippen molar-refractivity contribution < 1.29 is 19.1 Å². The highest BCUT2D eigenvalue weighted by Gasteiger charge is 2.48. The first-order valence-electron chi connectivity index (χ1n) is 5.08. The number of methoxy groups -OCH3 is 1. The summed E-state index contributed by atoms with van der Waals surface area (Å²) < 4.78 is 9.71. The highest BCUT2D eigenvalue weighted by atomic mass is 16.5. The second-order valence-corrected chi connectivity index (χ2v) is 4.11. The predicted octanol–water partition coefficient (Wildman–Crippen LogP) is 0.771. The van der Waals surface area contributed by atoms with Crippen LogP contribution in [0.5, 0.6) is 0 Å². The van der Waals surface area contributed by atoms with Crippen molar-refractivity contribution in [2.45, 2.75) is 6.92 Å². The summed E-state index contributed by atoms with van der Waals surface area (Å²) in [5, 5.41) is 0. The number of rotatable bonds is 1. The molecule has 2 rings (SSSR count). The number of fused-ring (bicyclic) bond motifs is 1. The van der Waals surface area contributed by atoms with Crippen molar-refractivity contribution in [3.05, 3.63) is 12.2 Å². The topological polar surface area (TPSA) is 52.6 Å². The van der Waals surface area contributed by atoms with Gasteiger partial charge in [0.25, 0.3) is 0 Å². The molecule has 0 unspecified atom stereocenters. The highest BCUT2D eigenvalue weighted by molar-refractivity contribution is 5.84. The van der Waals surface area contributed by atoms with Crippen LogP contribution in [0.4, 0.5) is 0 Å². The summed E-state index contributed by atoms with van der Waals surface area (Å²) in [5.74, 6) is -1.26. The molecule has 1 heterocycles. The molecular formula is C11H14O4. The molecule has 0 saturated carbocycles. The van der Waals surface area contributed by atoms with Crippen LogP contribution in [-0.2, 0) is 19.1 Å². The second-order valence-electron chi connectivity index (χ2n) is 4.11. The average molecular weight is 210 g/mol. The lowest BCUT2D eigenvalue weighted by atomic mass is 9.72. The number of carbonyl (C=O) groups is 2. The lowest BCUT2D eigenvalue weighted by molar-refractivity contribution is -0.155. The van der Waals surface area contributed by atoms with Crippen LogP contribution in [0.15, 0.2) is 12.2 Å². The average Bonchev–Trinajstić information content (AvgIpc) is 2.60. The molecule has 1 aliphatic heterocycles. The minimum atomic E-state index is -0.389. The van der Waals surface area contributed by atoms with Crippen LogP contribution in [0.3, 0.4) is 0 Å². The van der Waals surface area contributed by atoms with E-state index < -0.39 is 0 Å². The molecule has 15 heavy (non-hydrogen) atoms. The molecule has 0 aromatic carbocycles. The molecule has 82 valence electrons. The van der Waals surface area contributed by atoms with E-state index >= 15 is 0 Å². The Morgan fingerprint density at radius 1 is 1.53 bits per heavy atom. The Morgan fingerprint density at radius 2 is 2.27 bits per heavy atom. The molecule has 4 heteroatoms. The minimum absolute atomic E-state index is 0.0318. The molecular weight excluding hydrogens is 196 g/mol. The van der Waals surface area contributed by atoms with Crippen LogP contribution >= 0.6 is 0 Å². The van der Waals surface area contributed by atoms with Gasteiger partial charge in [0.15, 0.2) is 0 Å². The Balaban J connectivity index is 2.30. The molecule has 1 saturated heterocycles. The van der Waals surface area contributed by atoms with Crippen LogP contribution in [0, 0.1) is 23.7 Å². The summed E-state index contributed by atoms with van der Waals surface area (Å²) in [6, 6.07) is 0. The van der Waals surface area contributed by atoms with Crippen molar-refractivity contribution in [2.75, 3.05) is 13.7 Å². The second kappa shape index (κ2) is 3.68. The first-order valence-corrected chi connectivity index (χ1v) is 5.08. The summed E-state index contributed by atoms with van der Waals surface area (Å²) in [6.45, 7) is 2.31. The van der Waals surface area contributed by atoms with E-state index in [-0.39, 0.29) is 35.6 Å². The minimum Gasteiger partial charge on any atom is -0.469 e. The van der Waals surface area contributed by atoms with E-state index in [1.54, 1.807) is 0 Å². The lowest BCUT2D eigenvalue weighted by Crippen LogP contribution is -2.38. The first kappa shape index (κ1) is 10.2. The zero-order chi connectivity index (χ0) is 11.0. The Morgan fingerprint density at radius 3 is 2.93 bits per heavy atom. The number of hydrogen-bond acceptors (Lipinski definition) is 4. The van der Waals surface area contributed by atoms with Gasteiger partial charge in [0, 0.05) is 5.92 Å².